The molecule has 3 heterocycles. The molecule has 140 valence electrons. The largest absolute Gasteiger partial charge is 0.465 e. The van der Waals surface area contributed by atoms with E-state index < -0.39 is 24.1 Å². The van der Waals surface area contributed by atoms with Crippen molar-refractivity contribution >= 4 is 33.6 Å². The molecule has 0 radical (unpaired) electrons. The Hall–Kier alpha value is -3.23. The molecule has 2 aromatic heterocycles. The summed E-state index contributed by atoms with van der Waals surface area (Å²) < 4.78 is 28.3. The van der Waals surface area contributed by atoms with E-state index in [1.165, 1.54) is 24.4 Å². The molecule has 2 unspecified atom stereocenters. The third-order valence-corrected chi connectivity index (χ3v) is 4.81. The predicted molar refractivity (Wildman–Crippen MR) is 96.3 cm³/mol. The Labute approximate surface area is 151 Å². The van der Waals surface area contributed by atoms with Gasteiger partial charge in [-0.15, -0.1) is 0 Å². The van der Waals surface area contributed by atoms with E-state index in [-0.39, 0.29) is 30.5 Å². The fourth-order valence-electron chi connectivity index (χ4n) is 3.46. The maximum atomic E-state index is 14.5. The number of nitrogens with zero attached hydrogens (tertiary/aromatic N) is 2. The number of rotatable bonds is 2. The fraction of sp³-hybridized carbons (Fsp3) is 0.278. The van der Waals surface area contributed by atoms with Crippen molar-refractivity contribution in [3.05, 3.63) is 46.6 Å². The zero-order valence-electron chi connectivity index (χ0n) is 14.1. The van der Waals surface area contributed by atoms with Crippen LogP contribution >= 0.6 is 0 Å². The fourth-order valence-corrected chi connectivity index (χ4v) is 3.46. The normalized spacial score (nSPS) is 20.1. The minimum Gasteiger partial charge on any atom is -0.465 e. The summed E-state index contributed by atoms with van der Waals surface area (Å²) in [7, 11) is 0. The molecule has 3 aromatic rings. The molecule has 0 aliphatic carbocycles. The molecule has 27 heavy (non-hydrogen) atoms. The lowest BCUT2D eigenvalue weighted by molar-refractivity contribution is 0.101. The first-order valence-corrected chi connectivity index (χ1v) is 8.43. The molecular formula is C18H16F2N4O3. The summed E-state index contributed by atoms with van der Waals surface area (Å²) in [5.41, 5.74) is -0.0296. The van der Waals surface area contributed by atoms with Gasteiger partial charge in [-0.3, -0.25) is 4.79 Å². The van der Waals surface area contributed by atoms with E-state index in [1.54, 1.807) is 6.07 Å². The number of carboxylic acid groups (broad SMARTS) is 1. The summed E-state index contributed by atoms with van der Waals surface area (Å²) in [4.78, 5) is 31.2. The van der Waals surface area contributed by atoms with Crippen LogP contribution in [0.5, 0.6) is 0 Å². The van der Waals surface area contributed by atoms with Crippen LogP contribution in [-0.4, -0.2) is 51.4 Å². The third-order valence-electron chi connectivity index (χ3n) is 4.81. The van der Waals surface area contributed by atoms with Gasteiger partial charge in [0.25, 0.3) is 5.56 Å². The molecule has 7 nitrogen and oxygen atoms in total. The summed E-state index contributed by atoms with van der Waals surface area (Å²) in [5.74, 6) is -0.165. The topological polar surface area (TPSA) is 98.3 Å². The Morgan fingerprint density at radius 1 is 1.33 bits per heavy atom. The van der Waals surface area contributed by atoms with Gasteiger partial charge in [0.1, 0.15) is 17.8 Å². The number of hydrogen-bond donors (Lipinski definition) is 3. The summed E-state index contributed by atoms with van der Waals surface area (Å²) in [6.07, 6.45) is -0.858. The van der Waals surface area contributed by atoms with E-state index in [4.69, 9.17) is 5.11 Å². The lowest BCUT2D eigenvalue weighted by atomic mass is 10.0. The van der Waals surface area contributed by atoms with Crippen molar-refractivity contribution in [1.82, 2.24) is 14.9 Å². The quantitative estimate of drug-likeness (QED) is 0.599. The van der Waals surface area contributed by atoms with Crippen molar-refractivity contribution < 1.29 is 18.7 Å². The van der Waals surface area contributed by atoms with Gasteiger partial charge in [-0.25, -0.2) is 18.6 Å². The lowest BCUT2D eigenvalue weighted by Gasteiger charge is -2.33. The van der Waals surface area contributed by atoms with Gasteiger partial charge in [0.05, 0.1) is 23.5 Å². The molecule has 1 saturated heterocycles. The van der Waals surface area contributed by atoms with Crippen molar-refractivity contribution in [3.8, 4) is 0 Å². The van der Waals surface area contributed by atoms with E-state index in [2.05, 4.69) is 15.3 Å². The second-order valence-electron chi connectivity index (χ2n) is 6.50. The van der Waals surface area contributed by atoms with Gasteiger partial charge < -0.3 is 20.3 Å². The number of H-pyrrole nitrogens is 1. The second-order valence-corrected chi connectivity index (χ2v) is 6.50. The van der Waals surface area contributed by atoms with Gasteiger partial charge in [-0.05, 0) is 30.7 Å². The molecule has 9 heteroatoms. The number of fused-ring (bicyclic) bond motifs is 3. The van der Waals surface area contributed by atoms with E-state index in [0.717, 1.165) is 4.90 Å². The van der Waals surface area contributed by atoms with Crippen LogP contribution in [0.2, 0.25) is 0 Å². The van der Waals surface area contributed by atoms with Crippen LogP contribution in [0.4, 0.5) is 19.4 Å². The molecule has 4 rings (SSSR count). The highest BCUT2D eigenvalue weighted by molar-refractivity contribution is 6.09. The number of piperidine rings is 1. The highest BCUT2D eigenvalue weighted by atomic mass is 19.1. The van der Waals surface area contributed by atoms with Crippen LogP contribution in [-0.2, 0) is 0 Å². The number of pyridine rings is 2. The smallest absolute Gasteiger partial charge is 0.407 e. The number of benzene rings is 1. The zero-order chi connectivity index (χ0) is 19.1. The Kier molecular flexibility index (Phi) is 4.14. The van der Waals surface area contributed by atoms with Crippen molar-refractivity contribution in [3.63, 3.8) is 0 Å². The van der Waals surface area contributed by atoms with Gasteiger partial charge in [0.2, 0.25) is 0 Å². The van der Waals surface area contributed by atoms with Crippen molar-refractivity contribution in [2.24, 2.45) is 0 Å². The first-order valence-electron chi connectivity index (χ1n) is 8.43. The number of halogens is 2. The van der Waals surface area contributed by atoms with Crippen LogP contribution in [0.1, 0.15) is 6.42 Å². The maximum Gasteiger partial charge on any atom is 0.407 e. The highest BCUT2D eigenvalue weighted by Crippen LogP contribution is 2.30. The van der Waals surface area contributed by atoms with Crippen LogP contribution < -0.4 is 10.9 Å². The maximum absolute atomic E-state index is 14.5. The summed E-state index contributed by atoms with van der Waals surface area (Å²) in [5, 5.41) is 13.2. The van der Waals surface area contributed by atoms with Crippen molar-refractivity contribution in [2.75, 3.05) is 18.4 Å². The number of hydrogen-bond acceptors (Lipinski definition) is 4. The molecule has 1 aliphatic heterocycles. The Morgan fingerprint density at radius 2 is 2.15 bits per heavy atom. The number of anilines is 1. The van der Waals surface area contributed by atoms with Gasteiger partial charge >= 0.3 is 6.09 Å². The van der Waals surface area contributed by atoms with Gasteiger partial charge in [-0.2, -0.15) is 0 Å². The van der Waals surface area contributed by atoms with Crippen molar-refractivity contribution in [2.45, 2.75) is 18.6 Å². The van der Waals surface area contributed by atoms with Crippen LogP contribution in [0.3, 0.4) is 0 Å². The van der Waals surface area contributed by atoms with E-state index in [9.17, 15) is 18.4 Å². The first-order chi connectivity index (χ1) is 12.9. The number of likely N-dealkylation sites (tertiary alicyclic amines) is 1. The zero-order valence-corrected chi connectivity index (χ0v) is 14.1. The van der Waals surface area contributed by atoms with E-state index in [0.29, 0.717) is 22.1 Å². The molecule has 1 amide bonds. The minimum atomic E-state index is -1.41. The number of carbonyl (C=O) groups is 1. The third kappa shape index (κ3) is 3.05. The number of aromatic nitrogens is 2. The molecule has 1 fully saturated rings. The molecule has 3 N–H and O–H groups in total. The molecule has 0 bridgehead atoms. The second kappa shape index (κ2) is 6.49. The van der Waals surface area contributed by atoms with Gasteiger partial charge in [0.15, 0.2) is 0 Å². The standard InChI is InChI=1S/C18H16F2N4O3/c19-9-1-2-10-11(7-9)15-14(3-5-21-17(15)25)23-16(10)22-13-4-6-24(18(26)27)8-12(13)20/h1-3,5,7,12-13H,4,6,8H2,(H,21,25)(H,22,23)(H,26,27). The van der Waals surface area contributed by atoms with Crippen LogP contribution in [0.25, 0.3) is 21.7 Å². The number of nitrogens with one attached hydrogen (secondary N) is 2. The summed E-state index contributed by atoms with van der Waals surface area (Å²) >= 11 is 0. The lowest BCUT2D eigenvalue weighted by Crippen LogP contribution is -2.49. The molecule has 0 spiro atoms. The van der Waals surface area contributed by atoms with E-state index in [1.807, 2.05) is 0 Å². The molecule has 1 aliphatic rings. The minimum absolute atomic E-state index is 0.202. The number of amides is 1. The Balaban J connectivity index is 1.78. The highest BCUT2D eigenvalue weighted by Gasteiger charge is 2.32. The van der Waals surface area contributed by atoms with Gasteiger partial charge in [0, 0.05) is 23.5 Å². The Bertz CT molecular complexity index is 1100. The predicted octanol–water partition coefficient (Wildman–Crippen LogP) is 2.72. The average molecular weight is 374 g/mol. The number of aromatic amines is 1. The van der Waals surface area contributed by atoms with Crippen LogP contribution in [0.15, 0.2) is 35.3 Å². The average Bonchev–Trinajstić information content (AvgIpc) is 2.63. The monoisotopic (exact) mass is 374 g/mol. The van der Waals surface area contributed by atoms with Crippen molar-refractivity contribution in [1.29, 1.82) is 0 Å². The molecule has 1 aromatic carbocycles. The number of alkyl halides is 1. The molecule has 2 atom stereocenters. The molecular weight excluding hydrogens is 358 g/mol. The summed E-state index contributed by atoms with van der Waals surface area (Å²) in [6.45, 7) is -0.0277. The SMILES string of the molecule is O=C(O)N1CCC(Nc2nc3cc[nH]c(=O)c3c3cc(F)ccc23)C(F)C1. The van der Waals surface area contributed by atoms with Crippen LogP contribution in [0, 0.1) is 5.82 Å². The van der Waals surface area contributed by atoms with E-state index >= 15 is 0 Å². The molecule has 0 saturated carbocycles. The Morgan fingerprint density at radius 3 is 2.89 bits per heavy atom. The summed E-state index contributed by atoms with van der Waals surface area (Å²) in [6, 6.07) is 4.94. The first kappa shape index (κ1) is 17.2. The van der Waals surface area contributed by atoms with Gasteiger partial charge in [-0.1, -0.05) is 0 Å².